The molecule has 0 aliphatic heterocycles. The molecule has 0 saturated heterocycles. The van der Waals surface area contributed by atoms with E-state index >= 15 is 0 Å². The van der Waals surface area contributed by atoms with Gasteiger partial charge in [-0.25, -0.2) is 0 Å². The average molecular weight is 358 g/mol. The first-order valence-corrected chi connectivity index (χ1v) is 7.90. The monoisotopic (exact) mass is 358 g/mol. The van der Waals surface area contributed by atoms with Crippen LogP contribution in [-0.4, -0.2) is 30.0 Å². The molecule has 0 saturated carbocycles. The first kappa shape index (κ1) is 18.9. The Hall–Kier alpha value is -3.42. The van der Waals surface area contributed by atoms with Gasteiger partial charge in [-0.2, -0.15) is 0 Å². The predicted octanol–water partition coefficient (Wildman–Crippen LogP) is 2.47. The number of hydrogen-bond acceptors (Lipinski definition) is 6. The summed E-state index contributed by atoms with van der Waals surface area (Å²) in [6, 6.07) is 12.5. The van der Waals surface area contributed by atoms with Gasteiger partial charge in [-0.15, -0.1) is 0 Å². The van der Waals surface area contributed by atoms with Crippen LogP contribution >= 0.6 is 0 Å². The van der Waals surface area contributed by atoms with Gasteiger partial charge >= 0.3 is 5.97 Å². The fourth-order valence-corrected chi connectivity index (χ4v) is 2.16. The van der Waals surface area contributed by atoms with Gasteiger partial charge in [0, 0.05) is 12.1 Å². The maximum absolute atomic E-state index is 12.2. The highest BCUT2D eigenvalue weighted by Gasteiger charge is 2.14. The maximum Gasteiger partial charge on any atom is 0.325 e. The van der Waals surface area contributed by atoms with Gasteiger partial charge in [0.2, 0.25) is 0 Å². The van der Waals surface area contributed by atoms with Crippen molar-refractivity contribution in [3.63, 3.8) is 0 Å². The third-order valence-corrected chi connectivity index (χ3v) is 3.35. The van der Waals surface area contributed by atoms with Crippen molar-refractivity contribution in [2.24, 2.45) is 0 Å². The summed E-state index contributed by atoms with van der Waals surface area (Å²) in [5, 5.41) is 13.2. The summed E-state index contributed by atoms with van der Waals surface area (Å²) in [6.45, 7) is 1.77. The summed E-state index contributed by atoms with van der Waals surface area (Å²) in [6.07, 6.45) is 0. The van der Waals surface area contributed by atoms with Crippen molar-refractivity contribution < 1.29 is 24.0 Å². The number of carbonyl (C=O) groups excluding carboxylic acids is 2. The van der Waals surface area contributed by atoms with Crippen LogP contribution in [0, 0.1) is 10.1 Å². The van der Waals surface area contributed by atoms with Gasteiger partial charge in [0.1, 0.15) is 18.9 Å². The standard InChI is InChI=1S/C18H18N2O6/c1-2-25-16-9-4-3-8-15(16)18(22)19-11-17(21)26-12-13-6-5-7-14(10-13)20(23)24/h3-10H,2,11-12H2,1H3,(H,19,22). The molecule has 8 nitrogen and oxygen atoms in total. The van der Waals surface area contributed by atoms with Crippen molar-refractivity contribution in [3.8, 4) is 5.75 Å². The maximum atomic E-state index is 12.2. The van der Waals surface area contributed by atoms with E-state index in [1.165, 1.54) is 18.2 Å². The number of non-ortho nitro benzene ring substituents is 1. The van der Waals surface area contributed by atoms with E-state index in [1.807, 2.05) is 0 Å². The molecule has 8 heteroatoms. The van der Waals surface area contributed by atoms with Crippen LogP contribution in [0.25, 0.3) is 0 Å². The van der Waals surface area contributed by atoms with Gasteiger partial charge < -0.3 is 14.8 Å². The number of para-hydroxylation sites is 1. The minimum absolute atomic E-state index is 0.0839. The molecule has 0 aliphatic carbocycles. The van der Waals surface area contributed by atoms with E-state index < -0.39 is 16.8 Å². The van der Waals surface area contributed by atoms with Crippen LogP contribution in [0.5, 0.6) is 5.75 Å². The summed E-state index contributed by atoms with van der Waals surface area (Å²) >= 11 is 0. The Balaban J connectivity index is 1.86. The minimum atomic E-state index is -0.654. The molecular formula is C18H18N2O6. The van der Waals surface area contributed by atoms with Crippen molar-refractivity contribution in [3.05, 3.63) is 69.8 Å². The third kappa shape index (κ3) is 5.30. The number of ether oxygens (including phenoxy) is 2. The Morgan fingerprint density at radius 1 is 1.15 bits per heavy atom. The molecule has 0 spiro atoms. The van der Waals surface area contributed by atoms with Crippen molar-refractivity contribution in [2.75, 3.05) is 13.2 Å². The molecule has 2 aromatic carbocycles. The lowest BCUT2D eigenvalue weighted by Gasteiger charge is -2.10. The molecule has 0 bridgehead atoms. The number of carbonyl (C=O) groups is 2. The second kappa shape index (κ2) is 9.16. The lowest BCUT2D eigenvalue weighted by atomic mass is 10.2. The SMILES string of the molecule is CCOc1ccccc1C(=O)NCC(=O)OCc1cccc([N+](=O)[O-])c1. The molecule has 1 amide bonds. The summed E-state index contributed by atoms with van der Waals surface area (Å²) in [7, 11) is 0. The molecule has 0 radical (unpaired) electrons. The normalized spacial score (nSPS) is 10.0. The Kier molecular flexibility index (Phi) is 6.67. The van der Waals surface area contributed by atoms with Crippen molar-refractivity contribution in [1.82, 2.24) is 5.32 Å². The molecule has 0 aliphatic rings. The van der Waals surface area contributed by atoms with Crippen LogP contribution < -0.4 is 10.1 Å². The zero-order chi connectivity index (χ0) is 18.9. The van der Waals surface area contributed by atoms with Crippen LogP contribution in [-0.2, 0) is 16.1 Å². The zero-order valence-corrected chi connectivity index (χ0v) is 14.1. The molecule has 0 fully saturated rings. The third-order valence-electron chi connectivity index (χ3n) is 3.35. The Morgan fingerprint density at radius 3 is 2.65 bits per heavy atom. The fourth-order valence-electron chi connectivity index (χ4n) is 2.16. The van der Waals surface area contributed by atoms with E-state index in [4.69, 9.17) is 9.47 Å². The Bertz CT molecular complexity index is 806. The highest BCUT2D eigenvalue weighted by Crippen LogP contribution is 2.17. The van der Waals surface area contributed by atoms with Crippen molar-refractivity contribution in [2.45, 2.75) is 13.5 Å². The summed E-state index contributed by atoms with van der Waals surface area (Å²) < 4.78 is 10.4. The van der Waals surface area contributed by atoms with Crippen LogP contribution in [0.3, 0.4) is 0 Å². The molecule has 1 N–H and O–H groups in total. The number of hydrogen-bond donors (Lipinski definition) is 1. The van der Waals surface area contributed by atoms with Gasteiger partial charge in [-0.1, -0.05) is 24.3 Å². The highest BCUT2D eigenvalue weighted by molar-refractivity contribution is 5.98. The number of rotatable bonds is 8. The smallest absolute Gasteiger partial charge is 0.325 e. The molecule has 2 aromatic rings. The first-order chi connectivity index (χ1) is 12.5. The predicted molar refractivity (Wildman–Crippen MR) is 92.8 cm³/mol. The van der Waals surface area contributed by atoms with Crippen LogP contribution in [0.4, 0.5) is 5.69 Å². The second-order valence-corrected chi connectivity index (χ2v) is 5.20. The van der Waals surface area contributed by atoms with Crippen LogP contribution in [0.15, 0.2) is 48.5 Å². The summed E-state index contributed by atoms with van der Waals surface area (Å²) in [5.74, 6) is -0.683. The average Bonchev–Trinajstić information content (AvgIpc) is 2.65. The number of nitrogens with one attached hydrogen (secondary N) is 1. The lowest BCUT2D eigenvalue weighted by Crippen LogP contribution is -2.30. The fraction of sp³-hybridized carbons (Fsp3) is 0.222. The minimum Gasteiger partial charge on any atom is -0.493 e. The van der Waals surface area contributed by atoms with Gasteiger partial charge in [-0.05, 0) is 24.6 Å². The van der Waals surface area contributed by atoms with Crippen molar-refractivity contribution >= 4 is 17.6 Å². The quantitative estimate of drug-likeness (QED) is 0.441. The summed E-state index contributed by atoms with van der Waals surface area (Å²) in [5.41, 5.74) is 0.723. The van der Waals surface area contributed by atoms with Gasteiger partial charge in [0.25, 0.3) is 11.6 Å². The van der Waals surface area contributed by atoms with Crippen LogP contribution in [0.2, 0.25) is 0 Å². The number of benzene rings is 2. The van der Waals surface area contributed by atoms with E-state index in [0.29, 0.717) is 23.5 Å². The zero-order valence-electron chi connectivity index (χ0n) is 14.1. The van der Waals surface area contributed by atoms with Crippen molar-refractivity contribution in [1.29, 1.82) is 0 Å². The summed E-state index contributed by atoms with van der Waals surface area (Å²) in [4.78, 5) is 34.1. The number of nitrogens with zero attached hydrogens (tertiary/aromatic N) is 1. The van der Waals surface area contributed by atoms with E-state index in [0.717, 1.165) is 0 Å². The second-order valence-electron chi connectivity index (χ2n) is 5.20. The Morgan fingerprint density at radius 2 is 1.92 bits per heavy atom. The largest absolute Gasteiger partial charge is 0.493 e. The van der Waals surface area contributed by atoms with E-state index in [1.54, 1.807) is 37.3 Å². The molecule has 0 atom stereocenters. The topological polar surface area (TPSA) is 108 Å². The van der Waals surface area contributed by atoms with E-state index in [2.05, 4.69) is 5.32 Å². The number of nitro benzene ring substituents is 1. The molecule has 0 aromatic heterocycles. The van der Waals surface area contributed by atoms with Gasteiger partial charge in [-0.3, -0.25) is 19.7 Å². The van der Waals surface area contributed by atoms with Gasteiger partial charge in [0.05, 0.1) is 17.1 Å². The van der Waals surface area contributed by atoms with E-state index in [-0.39, 0.29) is 18.8 Å². The highest BCUT2D eigenvalue weighted by atomic mass is 16.6. The molecule has 0 heterocycles. The number of amides is 1. The molecule has 136 valence electrons. The first-order valence-electron chi connectivity index (χ1n) is 7.90. The van der Waals surface area contributed by atoms with E-state index in [9.17, 15) is 19.7 Å². The lowest BCUT2D eigenvalue weighted by molar-refractivity contribution is -0.384. The molecule has 2 rings (SSSR count). The number of esters is 1. The molecule has 26 heavy (non-hydrogen) atoms. The molecular weight excluding hydrogens is 340 g/mol. The van der Waals surface area contributed by atoms with Crippen LogP contribution in [0.1, 0.15) is 22.8 Å². The molecule has 0 unspecified atom stereocenters. The number of nitro groups is 1. The Labute approximate surface area is 149 Å². The van der Waals surface area contributed by atoms with Gasteiger partial charge in [0.15, 0.2) is 0 Å².